The number of aromatic hydroxyl groups is 1. The average Bonchev–Trinajstić information content (AvgIpc) is 3.23. The predicted molar refractivity (Wildman–Crippen MR) is 231 cm³/mol. The van der Waals surface area contributed by atoms with E-state index in [1.165, 1.54) is 36.4 Å². The number of phenols is 1. The molecule has 1 heterocycles. The van der Waals surface area contributed by atoms with Crippen molar-refractivity contribution in [3.8, 4) is 5.75 Å². The van der Waals surface area contributed by atoms with Gasteiger partial charge in [-0.2, -0.15) is 38.8 Å². The summed E-state index contributed by atoms with van der Waals surface area (Å²) in [5.41, 5.74) is 5.83. The van der Waals surface area contributed by atoms with Gasteiger partial charge in [-0.05, 0) is 96.4 Å². The Morgan fingerprint density at radius 2 is 0.953 bits per heavy atom. The molecule has 0 aliphatic carbocycles. The molecule has 0 fully saturated rings. The van der Waals surface area contributed by atoms with Gasteiger partial charge in [0, 0.05) is 38.5 Å². The molecule has 7 N–H and O–H groups in total. The van der Waals surface area contributed by atoms with Gasteiger partial charge in [0.1, 0.15) is 15.5 Å². The number of pyridine rings is 1. The zero-order valence-electron chi connectivity index (χ0n) is 31.8. The Morgan fingerprint density at radius 1 is 0.453 bits per heavy atom. The summed E-state index contributed by atoms with van der Waals surface area (Å²) in [6.07, 6.45) is 1.65. The molecule has 0 saturated heterocycles. The zero-order valence-corrected chi connectivity index (χ0v) is 35.1. The van der Waals surface area contributed by atoms with Crippen molar-refractivity contribution in [2.24, 2.45) is 30.7 Å². The predicted octanol–water partition coefficient (Wildman–Crippen LogP) is 9.22. The van der Waals surface area contributed by atoms with Crippen molar-refractivity contribution in [3.63, 3.8) is 0 Å². The SMILES string of the molecule is Nc1cc2c(O)c(/N=N/c3ccc(/N=N/c4ccc(/N=N/c5ccc6ncccc6c5)c5ccc(S(=O)(=O)O)cc45)c4ccc(S(=O)(=O)O)cc34)c(S(=O)(=O)O)cc2cc1S(=O)(=O)O. The molecule has 0 saturated carbocycles. The van der Waals surface area contributed by atoms with Crippen LogP contribution in [0.4, 0.5) is 39.8 Å². The first-order valence-electron chi connectivity index (χ1n) is 17.8. The van der Waals surface area contributed by atoms with Gasteiger partial charge in [0.2, 0.25) is 0 Å². The van der Waals surface area contributed by atoms with Gasteiger partial charge in [-0.1, -0.05) is 18.2 Å². The van der Waals surface area contributed by atoms with E-state index >= 15 is 0 Å². The van der Waals surface area contributed by atoms with Crippen molar-refractivity contribution in [1.82, 2.24) is 4.98 Å². The molecule has 8 rings (SSSR count). The summed E-state index contributed by atoms with van der Waals surface area (Å²) >= 11 is 0. The second-order valence-electron chi connectivity index (χ2n) is 13.7. The van der Waals surface area contributed by atoms with E-state index in [4.69, 9.17) is 5.73 Å². The second-order valence-corrected chi connectivity index (χ2v) is 19.3. The number of nitrogens with zero attached hydrogens (tertiary/aromatic N) is 7. The Hall–Kier alpha value is -7.23. The van der Waals surface area contributed by atoms with Crippen molar-refractivity contribution < 1.29 is 57.0 Å². The molecule has 0 bridgehead atoms. The van der Waals surface area contributed by atoms with E-state index in [1.54, 1.807) is 36.5 Å². The third-order valence-corrected chi connectivity index (χ3v) is 13.1. The van der Waals surface area contributed by atoms with Crippen LogP contribution in [0.15, 0.2) is 166 Å². The minimum Gasteiger partial charge on any atom is -0.505 e. The van der Waals surface area contributed by atoms with E-state index in [9.17, 15) is 57.0 Å². The van der Waals surface area contributed by atoms with Crippen LogP contribution < -0.4 is 5.73 Å². The second kappa shape index (κ2) is 15.8. The Labute approximate surface area is 361 Å². The van der Waals surface area contributed by atoms with Gasteiger partial charge in [0.15, 0.2) is 5.75 Å². The normalized spacial score (nSPS) is 13.1. The molecule has 25 heteroatoms. The molecular formula is C39H26N8O13S4. The number of hydrogen-bond acceptors (Lipinski definition) is 17. The average molecular weight is 943 g/mol. The van der Waals surface area contributed by atoms with E-state index in [2.05, 4.69) is 35.7 Å². The van der Waals surface area contributed by atoms with Gasteiger partial charge in [-0.25, -0.2) is 0 Å². The molecule has 0 radical (unpaired) electrons. The van der Waals surface area contributed by atoms with Gasteiger partial charge in [0.05, 0.1) is 49.4 Å². The molecule has 0 aliphatic heterocycles. The van der Waals surface area contributed by atoms with Crippen LogP contribution in [0.3, 0.4) is 0 Å². The van der Waals surface area contributed by atoms with Crippen molar-refractivity contribution in [1.29, 1.82) is 0 Å². The summed E-state index contributed by atoms with van der Waals surface area (Å²) in [4.78, 5) is 1.33. The van der Waals surface area contributed by atoms with E-state index in [-0.39, 0.29) is 44.0 Å². The Morgan fingerprint density at radius 3 is 1.48 bits per heavy atom. The van der Waals surface area contributed by atoms with Gasteiger partial charge in [0.25, 0.3) is 40.5 Å². The van der Waals surface area contributed by atoms with Crippen LogP contribution in [-0.4, -0.2) is 62.0 Å². The van der Waals surface area contributed by atoms with Crippen LogP contribution in [0.25, 0.3) is 43.2 Å². The van der Waals surface area contributed by atoms with Gasteiger partial charge in [-0.15, -0.1) is 25.6 Å². The first-order valence-corrected chi connectivity index (χ1v) is 23.5. The lowest BCUT2D eigenvalue weighted by molar-refractivity contribution is 0.472. The van der Waals surface area contributed by atoms with Gasteiger partial charge >= 0.3 is 0 Å². The molecule has 21 nitrogen and oxygen atoms in total. The number of rotatable bonds is 10. The Bertz CT molecular complexity index is 3890. The number of azo groups is 3. The first-order chi connectivity index (χ1) is 30.1. The smallest absolute Gasteiger partial charge is 0.296 e. The topological polar surface area (TPSA) is 351 Å². The molecule has 8 aromatic rings. The zero-order chi connectivity index (χ0) is 45.9. The van der Waals surface area contributed by atoms with E-state index in [1.807, 2.05) is 6.07 Å². The fourth-order valence-electron chi connectivity index (χ4n) is 6.62. The van der Waals surface area contributed by atoms with Crippen LogP contribution in [-0.2, 0) is 40.5 Å². The highest BCUT2D eigenvalue weighted by atomic mass is 32.2. The highest BCUT2D eigenvalue weighted by molar-refractivity contribution is 7.86. The number of nitrogen functional groups attached to an aromatic ring is 1. The van der Waals surface area contributed by atoms with E-state index in [0.717, 1.165) is 47.3 Å². The minimum atomic E-state index is -5.23. The fraction of sp³-hybridized carbons (Fsp3) is 0. The summed E-state index contributed by atoms with van der Waals surface area (Å²) < 4.78 is 137. The lowest BCUT2D eigenvalue weighted by atomic mass is 10.1. The quantitative estimate of drug-likeness (QED) is 0.0422. The lowest BCUT2D eigenvalue weighted by Crippen LogP contribution is -2.04. The molecule has 0 amide bonds. The maximum absolute atomic E-state index is 12.5. The van der Waals surface area contributed by atoms with Crippen LogP contribution in [0, 0.1) is 0 Å². The highest BCUT2D eigenvalue weighted by Gasteiger charge is 2.25. The number of benzene rings is 7. The molecule has 7 aromatic carbocycles. The number of phenolic OH excluding ortho intramolecular Hbond substituents is 1. The highest BCUT2D eigenvalue weighted by Crippen LogP contribution is 2.45. The number of aromatic nitrogens is 1. The van der Waals surface area contributed by atoms with Crippen LogP contribution in [0.1, 0.15) is 0 Å². The van der Waals surface area contributed by atoms with Gasteiger partial charge < -0.3 is 10.8 Å². The summed E-state index contributed by atoms with van der Waals surface area (Å²) in [7, 11) is -19.7. The molecule has 0 aliphatic rings. The van der Waals surface area contributed by atoms with E-state index in [0.29, 0.717) is 16.8 Å². The fourth-order valence-corrected chi connectivity index (χ4v) is 8.92. The maximum atomic E-state index is 12.5. The summed E-state index contributed by atoms with van der Waals surface area (Å²) in [6, 6.07) is 23.8. The third kappa shape index (κ3) is 8.59. The minimum absolute atomic E-state index is 0.0433. The standard InChI is InChI=1S/C39H26N8O13S4/c40-30-19-27-21(15-36(30)63(55,56)57)16-37(64(58,59)60)38(39(27)48)47-46-35-12-10-33(26-7-5-24(18-29(26)35)62(52,53)54)44-45-34-11-9-32(25-6-4-23(17-28(25)34)61(49,50)51)43-42-22-3-8-31-20(14-22)2-1-13-41-31/h1-19,48H,40H2,(H,49,50,51)(H,52,53,54)(H,55,56,57)(H,58,59,60)/b43-42+,45-44+,47-46+. The third-order valence-electron chi connectivity index (χ3n) is 9.60. The first kappa shape index (κ1) is 43.4. The van der Waals surface area contributed by atoms with Crippen molar-refractivity contribution in [2.45, 2.75) is 19.6 Å². The number of hydrogen-bond donors (Lipinski definition) is 6. The number of fused-ring (bicyclic) bond motifs is 4. The summed E-state index contributed by atoms with van der Waals surface area (Å²) in [5.74, 6) is -0.945. The molecule has 64 heavy (non-hydrogen) atoms. The largest absolute Gasteiger partial charge is 0.505 e. The monoisotopic (exact) mass is 942 g/mol. The van der Waals surface area contributed by atoms with Crippen molar-refractivity contribution in [3.05, 3.63) is 115 Å². The summed E-state index contributed by atoms with van der Waals surface area (Å²) in [5, 5.41) is 37.2. The molecule has 324 valence electrons. The Kier molecular flexibility index (Phi) is 10.7. The molecular weight excluding hydrogens is 917 g/mol. The maximum Gasteiger partial charge on any atom is 0.296 e. The lowest BCUT2D eigenvalue weighted by Gasteiger charge is -2.11. The van der Waals surface area contributed by atoms with Crippen LogP contribution >= 0.6 is 0 Å². The van der Waals surface area contributed by atoms with Crippen molar-refractivity contribution in [2.75, 3.05) is 5.73 Å². The van der Waals surface area contributed by atoms with E-state index < -0.39 is 77.2 Å². The van der Waals surface area contributed by atoms with Gasteiger partial charge in [-0.3, -0.25) is 23.2 Å². The summed E-state index contributed by atoms with van der Waals surface area (Å²) in [6.45, 7) is 0. The molecule has 0 unspecified atom stereocenters. The van der Waals surface area contributed by atoms with Crippen molar-refractivity contribution >= 4 is 124 Å². The van der Waals surface area contributed by atoms with Crippen LogP contribution in [0.2, 0.25) is 0 Å². The number of nitrogens with two attached hydrogens (primary N) is 1. The van der Waals surface area contributed by atoms with Crippen LogP contribution in [0.5, 0.6) is 5.75 Å². The molecule has 0 atom stereocenters. The number of anilines is 1. The molecule has 0 spiro atoms. The Balaban J connectivity index is 1.24. The molecule has 1 aromatic heterocycles.